The number of benzene rings is 1. The van der Waals surface area contributed by atoms with Gasteiger partial charge in [-0.25, -0.2) is 9.97 Å². The van der Waals surface area contributed by atoms with Crippen molar-refractivity contribution in [3.63, 3.8) is 0 Å². The fraction of sp³-hybridized carbons (Fsp3) is 0. The molecule has 124 valence electrons. The molecule has 0 atom stereocenters. The van der Waals surface area contributed by atoms with Crippen LogP contribution >= 0.6 is 0 Å². The van der Waals surface area contributed by atoms with Crippen molar-refractivity contribution in [3.05, 3.63) is 77.5 Å². The van der Waals surface area contributed by atoms with Gasteiger partial charge in [-0.2, -0.15) is 0 Å². The first kappa shape index (κ1) is 14.5. The Morgan fingerprint density at radius 1 is 0.923 bits per heavy atom. The summed E-state index contributed by atoms with van der Waals surface area (Å²) in [5.74, 6) is 1.04. The zero-order valence-electron chi connectivity index (χ0n) is 13.5. The third-order valence-corrected chi connectivity index (χ3v) is 4.25. The standard InChI is InChI=1S/C19H12N6O/c26-19-13(12-5-2-1-3-6-12)11-14-15(22-19)7-10-25-17(14)23-24-18(25)16-20-8-4-9-21-16/h1-11H,(H,22,26). The fourth-order valence-electron chi connectivity index (χ4n) is 3.03. The van der Waals surface area contributed by atoms with Crippen LogP contribution in [0.25, 0.3) is 39.3 Å². The summed E-state index contributed by atoms with van der Waals surface area (Å²) in [6.07, 6.45) is 5.13. The van der Waals surface area contributed by atoms with E-state index in [-0.39, 0.29) is 5.56 Å². The van der Waals surface area contributed by atoms with Gasteiger partial charge in [-0.15, -0.1) is 10.2 Å². The van der Waals surface area contributed by atoms with E-state index in [1.807, 2.05) is 53.1 Å². The van der Waals surface area contributed by atoms with Crippen LogP contribution in [0.2, 0.25) is 0 Å². The number of nitrogens with one attached hydrogen (secondary N) is 1. The summed E-state index contributed by atoms with van der Waals surface area (Å²) in [5.41, 5.74) is 2.64. The lowest BCUT2D eigenvalue weighted by Crippen LogP contribution is -2.09. The highest BCUT2D eigenvalue weighted by Crippen LogP contribution is 2.24. The SMILES string of the molecule is O=c1[nH]c2ccn3c(-c4ncccn4)nnc3c2cc1-c1ccccc1. The van der Waals surface area contributed by atoms with Gasteiger partial charge in [-0.05, 0) is 23.8 Å². The lowest BCUT2D eigenvalue weighted by atomic mass is 10.1. The van der Waals surface area contributed by atoms with Crippen LogP contribution in [-0.2, 0) is 0 Å². The second-order valence-electron chi connectivity index (χ2n) is 5.81. The van der Waals surface area contributed by atoms with Crippen molar-refractivity contribution in [2.45, 2.75) is 0 Å². The predicted molar refractivity (Wildman–Crippen MR) is 97.6 cm³/mol. The number of pyridine rings is 2. The molecule has 4 heterocycles. The van der Waals surface area contributed by atoms with E-state index in [4.69, 9.17) is 0 Å². The average Bonchev–Trinajstić information content (AvgIpc) is 3.13. The van der Waals surface area contributed by atoms with Gasteiger partial charge >= 0.3 is 0 Å². The number of hydrogen-bond acceptors (Lipinski definition) is 5. The van der Waals surface area contributed by atoms with Crippen molar-refractivity contribution in [1.82, 2.24) is 29.5 Å². The Morgan fingerprint density at radius 2 is 1.73 bits per heavy atom. The highest BCUT2D eigenvalue weighted by Gasteiger charge is 2.14. The number of aromatic amines is 1. The monoisotopic (exact) mass is 340 g/mol. The van der Waals surface area contributed by atoms with Gasteiger partial charge in [0.2, 0.25) is 5.82 Å². The number of hydrogen-bond donors (Lipinski definition) is 1. The van der Waals surface area contributed by atoms with Crippen molar-refractivity contribution in [1.29, 1.82) is 0 Å². The Hall–Kier alpha value is -3.87. The van der Waals surface area contributed by atoms with E-state index in [1.54, 1.807) is 18.5 Å². The number of aromatic nitrogens is 6. The highest BCUT2D eigenvalue weighted by molar-refractivity contribution is 5.94. The molecule has 1 aromatic carbocycles. The molecule has 0 aliphatic heterocycles. The second kappa shape index (κ2) is 5.59. The molecule has 0 spiro atoms. The number of H-pyrrole nitrogens is 1. The molecule has 5 aromatic rings. The van der Waals surface area contributed by atoms with Gasteiger partial charge in [0.05, 0.1) is 5.52 Å². The van der Waals surface area contributed by atoms with Gasteiger partial charge in [0.25, 0.3) is 5.56 Å². The summed E-state index contributed by atoms with van der Waals surface area (Å²) in [6, 6.07) is 15.0. The first-order chi connectivity index (χ1) is 12.8. The Labute approximate surface area is 147 Å². The molecule has 7 nitrogen and oxygen atoms in total. The number of rotatable bonds is 2. The quantitative estimate of drug-likeness (QED) is 0.534. The van der Waals surface area contributed by atoms with Crippen LogP contribution in [0.1, 0.15) is 0 Å². The van der Waals surface area contributed by atoms with Crippen molar-refractivity contribution in [2.24, 2.45) is 0 Å². The van der Waals surface area contributed by atoms with Crippen LogP contribution in [-0.4, -0.2) is 29.5 Å². The maximum atomic E-state index is 12.5. The van der Waals surface area contributed by atoms with Crippen LogP contribution in [0.5, 0.6) is 0 Å². The van der Waals surface area contributed by atoms with Gasteiger partial charge in [-0.3, -0.25) is 9.20 Å². The summed E-state index contributed by atoms with van der Waals surface area (Å²) in [4.78, 5) is 23.9. The molecule has 0 aliphatic carbocycles. The van der Waals surface area contributed by atoms with E-state index in [1.165, 1.54) is 0 Å². The molecular weight excluding hydrogens is 328 g/mol. The van der Waals surface area contributed by atoms with Crippen molar-refractivity contribution >= 4 is 16.6 Å². The predicted octanol–water partition coefficient (Wildman–Crippen LogP) is 2.69. The van der Waals surface area contributed by atoms with Crippen LogP contribution < -0.4 is 5.56 Å². The summed E-state index contributed by atoms with van der Waals surface area (Å²) >= 11 is 0. The first-order valence-corrected chi connectivity index (χ1v) is 8.05. The number of nitrogens with zero attached hydrogens (tertiary/aromatic N) is 5. The minimum absolute atomic E-state index is 0.140. The largest absolute Gasteiger partial charge is 0.321 e. The normalized spacial score (nSPS) is 11.2. The Balaban J connectivity index is 1.80. The zero-order valence-corrected chi connectivity index (χ0v) is 13.5. The van der Waals surface area contributed by atoms with E-state index in [0.29, 0.717) is 28.4 Å². The summed E-state index contributed by atoms with van der Waals surface area (Å²) in [7, 11) is 0. The molecule has 0 bridgehead atoms. The maximum Gasteiger partial charge on any atom is 0.256 e. The van der Waals surface area contributed by atoms with E-state index >= 15 is 0 Å². The van der Waals surface area contributed by atoms with Crippen LogP contribution in [0.4, 0.5) is 0 Å². The molecule has 0 saturated carbocycles. The van der Waals surface area contributed by atoms with Crippen molar-refractivity contribution in [2.75, 3.05) is 0 Å². The highest BCUT2D eigenvalue weighted by atomic mass is 16.1. The lowest BCUT2D eigenvalue weighted by Gasteiger charge is -2.05. The number of fused-ring (bicyclic) bond motifs is 3. The van der Waals surface area contributed by atoms with Gasteiger partial charge in [0.15, 0.2) is 11.5 Å². The molecule has 7 heteroatoms. The van der Waals surface area contributed by atoms with E-state index in [2.05, 4.69) is 25.1 Å². The molecule has 26 heavy (non-hydrogen) atoms. The van der Waals surface area contributed by atoms with E-state index in [9.17, 15) is 4.79 Å². The van der Waals surface area contributed by atoms with Gasteiger partial charge in [0.1, 0.15) is 0 Å². The maximum absolute atomic E-state index is 12.5. The van der Waals surface area contributed by atoms with Crippen LogP contribution in [0.15, 0.2) is 71.9 Å². The Kier molecular flexibility index (Phi) is 3.11. The fourth-order valence-corrected chi connectivity index (χ4v) is 3.03. The molecule has 0 aliphatic rings. The molecule has 0 fully saturated rings. The lowest BCUT2D eigenvalue weighted by molar-refractivity contribution is 1.05. The van der Waals surface area contributed by atoms with Gasteiger partial charge < -0.3 is 4.98 Å². The molecule has 1 N–H and O–H groups in total. The molecule has 0 unspecified atom stereocenters. The van der Waals surface area contributed by atoms with Gasteiger partial charge in [-0.1, -0.05) is 30.3 Å². The average molecular weight is 340 g/mol. The molecule has 0 radical (unpaired) electrons. The third-order valence-electron chi connectivity index (χ3n) is 4.25. The third kappa shape index (κ3) is 2.18. The minimum Gasteiger partial charge on any atom is -0.321 e. The van der Waals surface area contributed by atoms with E-state index < -0.39 is 0 Å². The van der Waals surface area contributed by atoms with Crippen LogP contribution in [0, 0.1) is 0 Å². The topological polar surface area (TPSA) is 88.8 Å². The smallest absolute Gasteiger partial charge is 0.256 e. The Morgan fingerprint density at radius 3 is 2.54 bits per heavy atom. The zero-order chi connectivity index (χ0) is 17.5. The summed E-state index contributed by atoms with van der Waals surface area (Å²) in [5, 5.41) is 9.34. The summed E-state index contributed by atoms with van der Waals surface area (Å²) < 4.78 is 1.82. The molecule has 4 aromatic heterocycles. The molecular formula is C19H12N6O. The Bertz CT molecular complexity index is 1290. The van der Waals surface area contributed by atoms with Gasteiger partial charge in [0, 0.05) is 29.5 Å². The summed E-state index contributed by atoms with van der Waals surface area (Å²) in [6.45, 7) is 0. The molecule has 5 rings (SSSR count). The van der Waals surface area contributed by atoms with Crippen LogP contribution in [0.3, 0.4) is 0 Å². The second-order valence-corrected chi connectivity index (χ2v) is 5.81. The minimum atomic E-state index is -0.140. The van der Waals surface area contributed by atoms with E-state index in [0.717, 1.165) is 10.9 Å². The molecule has 0 amide bonds. The molecule has 0 saturated heterocycles. The van der Waals surface area contributed by atoms with Crippen molar-refractivity contribution < 1.29 is 0 Å². The first-order valence-electron chi connectivity index (χ1n) is 8.05. The van der Waals surface area contributed by atoms with Crippen molar-refractivity contribution in [3.8, 4) is 22.8 Å².